The first-order valence-electron chi connectivity index (χ1n) is 5.81. The average molecular weight is 226 g/mol. The molecule has 0 spiro atoms. The van der Waals surface area contributed by atoms with Gasteiger partial charge in [-0.15, -0.1) is 0 Å². The lowest BCUT2D eigenvalue weighted by molar-refractivity contribution is -0.127. The smallest absolute Gasteiger partial charge is 0.176 e. The van der Waals surface area contributed by atoms with Crippen LogP contribution in [0, 0.1) is 13.8 Å². The van der Waals surface area contributed by atoms with Crippen LogP contribution in [0.2, 0.25) is 0 Å². The van der Waals surface area contributed by atoms with Crippen molar-refractivity contribution in [3.8, 4) is 0 Å². The summed E-state index contributed by atoms with van der Waals surface area (Å²) in [6.45, 7) is 10.0. The van der Waals surface area contributed by atoms with E-state index in [1.807, 2.05) is 18.5 Å². The second kappa shape index (κ2) is 6.55. The Morgan fingerprint density at radius 3 is 2.06 bits per heavy atom. The predicted molar refractivity (Wildman–Crippen MR) is 65.2 cm³/mol. The summed E-state index contributed by atoms with van der Waals surface area (Å²) in [5, 5.41) is 0. The Morgan fingerprint density at radius 2 is 1.62 bits per heavy atom. The van der Waals surface area contributed by atoms with Crippen LogP contribution in [0.5, 0.6) is 0 Å². The van der Waals surface area contributed by atoms with Gasteiger partial charge in [-0.1, -0.05) is 0 Å². The minimum absolute atomic E-state index is 0.184. The number of hydrogen-bond acceptors (Lipinski definition) is 3. The van der Waals surface area contributed by atoms with Crippen LogP contribution >= 0.6 is 0 Å². The monoisotopic (exact) mass is 226 g/mol. The number of nitrogens with zero attached hydrogens (tertiary/aromatic N) is 1. The van der Waals surface area contributed by atoms with Crippen molar-refractivity contribution in [3.63, 3.8) is 0 Å². The van der Waals surface area contributed by atoms with Crippen molar-refractivity contribution >= 4 is 0 Å². The van der Waals surface area contributed by atoms with Gasteiger partial charge in [-0.05, 0) is 39.8 Å². The minimum atomic E-state index is -0.184. The van der Waals surface area contributed by atoms with E-state index in [9.17, 15) is 0 Å². The minimum Gasteiger partial charge on any atom is -0.351 e. The van der Waals surface area contributed by atoms with Crippen LogP contribution in [-0.4, -0.2) is 30.7 Å². The number of aryl methyl sites for hydroxylation is 2. The van der Waals surface area contributed by atoms with Crippen LogP contribution in [0.4, 0.5) is 0 Å². The highest BCUT2D eigenvalue weighted by Gasteiger charge is 2.08. The maximum absolute atomic E-state index is 5.46. The van der Waals surface area contributed by atoms with E-state index < -0.39 is 0 Å². The molecule has 16 heavy (non-hydrogen) atoms. The first-order chi connectivity index (χ1) is 7.69. The maximum Gasteiger partial charge on any atom is 0.176 e. The third-order valence-corrected chi connectivity index (χ3v) is 2.39. The van der Waals surface area contributed by atoms with Crippen molar-refractivity contribution in [1.29, 1.82) is 0 Å². The fourth-order valence-corrected chi connectivity index (χ4v) is 1.62. The summed E-state index contributed by atoms with van der Waals surface area (Å²) in [7, 11) is 0. The molecule has 0 amide bonds. The fourth-order valence-electron chi connectivity index (χ4n) is 1.62. The molecule has 0 fully saturated rings. The topological polar surface area (TPSA) is 35.4 Å². The van der Waals surface area contributed by atoms with Gasteiger partial charge in [-0.2, -0.15) is 0 Å². The van der Waals surface area contributed by atoms with E-state index in [2.05, 4.69) is 31.4 Å². The molecule has 1 aromatic heterocycles. The molecule has 4 heteroatoms. The molecule has 0 saturated heterocycles. The van der Waals surface area contributed by atoms with Crippen molar-refractivity contribution < 1.29 is 9.47 Å². The molecule has 92 valence electrons. The highest BCUT2D eigenvalue weighted by molar-refractivity contribution is 5.15. The van der Waals surface area contributed by atoms with Gasteiger partial charge in [0.15, 0.2) is 6.29 Å². The molecule has 0 aliphatic rings. The van der Waals surface area contributed by atoms with Crippen LogP contribution in [0.1, 0.15) is 25.2 Å². The Kier molecular flexibility index (Phi) is 5.35. The van der Waals surface area contributed by atoms with Crippen molar-refractivity contribution in [2.24, 2.45) is 0 Å². The number of aromatic nitrogens is 1. The van der Waals surface area contributed by atoms with E-state index in [0.29, 0.717) is 19.8 Å². The zero-order chi connectivity index (χ0) is 12.0. The molecule has 0 bridgehead atoms. The lowest BCUT2D eigenvalue weighted by Gasteiger charge is -2.20. The average Bonchev–Trinajstić information content (AvgIpc) is 2.56. The molecule has 1 aromatic rings. The number of nitrogens with one attached hydrogen (secondary N) is 1. The lowest BCUT2D eigenvalue weighted by Crippen LogP contribution is -2.31. The van der Waals surface area contributed by atoms with E-state index in [1.165, 1.54) is 11.4 Å². The van der Waals surface area contributed by atoms with Gasteiger partial charge in [-0.3, -0.25) is 4.68 Å². The van der Waals surface area contributed by atoms with Crippen LogP contribution in [0.3, 0.4) is 0 Å². The van der Waals surface area contributed by atoms with Gasteiger partial charge in [0, 0.05) is 24.6 Å². The zero-order valence-corrected chi connectivity index (χ0v) is 10.6. The summed E-state index contributed by atoms with van der Waals surface area (Å²) >= 11 is 0. The molecule has 1 rings (SSSR count). The second-order valence-electron chi connectivity index (χ2n) is 3.65. The Labute approximate surface area is 97.5 Å². The van der Waals surface area contributed by atoms with Gasteiger partial charge in [0.1, 0.15) is 0 Å². The van der Waals surface area contributed by atoms with Crippen LogP contribution in [0.15, 0.2) is 12.1 Å². The van der Waals surface area contributed by atoms with Crippen molar-refractivity contribution in [3.05, 3.63) is 23.5 Å². The third kappa shape index (κ3) is 3.54. The zero-order valence-electron chi connectivity index (χ0n) is 10.6. The number of ether oxygens (including phenoxy) is 2. The van der Waals surface area contributed by atoms with Gasteiger partial charge in [0.05, 0.1) is 6.54 Å². The molecule has 0 saturated carbocycles. The molecule has 0 aliphatic carbocycles. The van der Waals surface area contributed by atoms with E-state index in [0.717, 1.165) is 0 Å². The van der Waals surface area contributed by atoms with Crippen molar-refractivity contribution in [2.45, 2.75) is 34.0 Å². The van der Waals surface area contributed by atoms with Gasteiger partial charge < -0.3 is 14.9 Å². The van der Waals surface area contributed by atoms with E-state index in [4.69, 9.17) is 9.47 Å². The largest absolute Gasteiger partial charge is 0.351 e. The second-order valence-corrected chi connectivity index (χ2v) is 3.65. The molecular weight excluding hydrogens is 204 g/mol. The van der Waals surface area contributed by atoms with Gasteiger partial charge in [-0.25, -0.2) is 0 Å². The predicted octanol–water partition coefficient (Wildman–Crippen LogP) is 2.05. The van der Waals surface area contributed by atoms with Crippen molar-refractivity contribution in [2.75, 3.05) is 25.2 Å². The Morgan fingerprint density at radius 1 is 1.12 bits per heavy atom. The molecule has 0 aromatic carbocycles. The van der Waals surface area contributed by atoms with Gasteiger partial charge in [0.25, 0.3) is 0 Å². The summed E-state index contributed by atoms with van der Waals surface area (Å²) in [4.78, 5) is 0. The maximum atomic E-state index is 5.46. The summed E-state index contributed by atoms with van der Waals surface area (Å²) < 4.78 is 13.0. The number of rotatable bonds is 7. The normalized spacial score (nSPS) is 11.1. The van der Waals surface area contributed by atoms with E-state index in [1.54, 1.807) is 0 Å². The Bertz CT molecular complexity index is 284. The Hall–Kier alpha value is -1.00. The van der Waals surface area contributed by atoms with Gasteiger partial charge in [0.2, 0.25) is 0 Å². The van der Waals surface area contributed by atoms with Crippen molar-refractivity contribution in [1.82, 2.24) is 4.68 Å². The van der Waals surface area contributed by atoms with Crippen LogP contribution < -0.4 is 5.43 Å². The molecule has 1 N–H and O–H groups in total. The summed E-state index contributed by atoms with van der Waals surface area (Å²) in [5.41, 5.74) is 5.67. The lowest BCUT2D eigenvalue weighted by atomic mass is 10.5. The SMILES string of the molecule is CCOC(CNn1c(C)ccc1C)OCC. The number of hydrogen-bond donors (Lipinski definition) is 1. The Balaban J connectivity index is 2.48. The van der Waals surface area contributed by atoms with Crippen LogP contribution in [0.25, 0.3) is 0 Å². The first-order valence-corrected chi connectivity index (χ1v) is 5.81. The molecular formula is C12H22N2O2. The standard InChI is InChI=1S/C12H22N2O2/c1-5-15-12(16-6-2)9-13-14-10(3)7-8-11(14)4/h7-8,12-13H,5-6,9H2,1-4H3. The van der Waals surface area contributed by atoms with E-state index in [-0.39, 0.29) is 6.29 Å². The third-order valence-electron chi connectivity index (χ3n) is 2.39. The molecule has 0 aliphatic heterocycles. The summed E-state index contributed by atoms with van der Waals surface area (Å²) in [5.74, 6) is 0. The molecule has 0 unspecified atom stereocenters. The van der Waals surface area contributed by atoms with Gasteiger partial charge >= 0.3 is 0 Å². The first kappa shape index (κ1) is 13.1. The molecule has 0 radical (unpaired) electrons. The summed E-state index contributed by atoms with van der Waals surface area (Å²) in [6, 6.07) is 4.16. The highest BCUT2D eigenvalue weighted by atomic mass is 16.7. The van der Waals surface area contributed by atoms with E-state index >= 15 is 0 Å². The molecule has 4 nitrogen and oxygen atoms in total. The summed E-state index contributed by atoms with van der Waals surface area (Å²) in [6.07, 6.45) is -0.184. The van der Waals surface area contributed by atoms with Crippen LogP contribution in [-0.2, 0) is 9.47 Å². The highest BCUT2D eigenvalue weighted by Crippen LogP contribution is 2.04. The fraction of sp³-hybridized carbons (Fsp3) is 0.667. The molecule has 0 atom stereocenters. The quantitative estimate of drug-likeness (QED) is 0.723. The molecule has 1 heterocycles.